The molecule has 0 unspecified atom stereocenters. The number of nitrogens with zero attached hydrogens (tertiary/aromatic N) is 6. The highest BCUT2D eigenvalue weighted by Gasteiger charge is 2.34. The topological polar surface area (TPSA) is 101 Å². The van der Waals surface area contributed by atoms with Gasteiger partial charge in [0.05, 0.1) is 27.5 Å². The molecular formula is C34H39ClN6O3. The van der Waals surface area contributed by atoms with E-state index in [1.54, 1.807) is 35.4 Å². The van der Waals surface area contributed by atoms with E-state index in [1.807, 2.05) is 51.7 Å². The Balaban J connectivity index is 0.00000442. The number of anilines is 1. The van der Waals surface area contributed by atoms with Gasteiger partial charge >= 0.3 is 5.69 Å². The van der Waals surface area contributed by atoms with Crippen LogP contribution in [0.3, 0.4) is 0 Å². The molecule has 9 nitrogen and oxygen atoms in total. The average molecular weight is 615 g/mol. The van der Waals surface area contributed by atoms with Crippen LogP contribution in [0.2, 0.25) is 5.02 Å². The lowest BCUT2D eigenvalue weighted by molar-refractivity contribution is -0.128. The molecule has 1 saturated heterocycles. The molecule has 1 aliphatic rings. The summed E-state index contributed by atoms with van der Waals surface area (Å²) in [5.41, 5.74) is 3.49. The first-order valence-electron chi connectivity index (χ1n) is 14.3. The molecule has 2 atom stereocenters. The summed E-state index contributed by atoms with van der Waals surface area (Å²) >= 11 is 6.94. The van der Waals surface area contributed by atoms with Crippen molar-refractivity contribution in [3.63, 3.8) is 0 Å². The summed E-state index contributed by atoms with van der Waals surface area (Å²) in [6.07, 6.45) is 3.05. The van der Waals surface area contributed by atoms with Crippen molar-refractivity contribution in [1.29, 1.82) is 0 Å². The molecule has 0 saturated carbocycles. The summed E-state index contributed by atoms with van der Waals surface area (Å²) in [5.74, 6) is 0.188. The number of aryl methyl sites for hydroxylation is 1. The van der Waals surface area contributed by atoms with Gasteiger partial charge in [0.25, 0.3) is 0 Å². The molecule has 0 spiro atoms. The normalized spacial score (nSPS) is 16.6. The third-order valence-electron chi connectivity index (χ3n) is 8.00. The highest BCUT2D eigenvalue weighted by Crippen LogP contribution is 2.37. The monoisotopic (exact) mass is 614 g/mol. The number of halogens is 1. The Kier molecular flexibility index (Phi) is 9.39. The van der Waals surface area contributed by atoms with Gasteiger partial charge in [0, 0.05) is 42.5 Å². The van der Waals surface area contributed by atoms with Crippen LogP contribution in [0.5, 0.6) is 0 Å². The molecule has 230 valence electrons. The number of hydrogen-bond acceptors (Lipinski definition) is 7. The van der Waals surface area contributed by atoms with Crippen LogP contribution in [-0.4, -0.2) is 61.3 Å². The van der Waals surface area contributed by atoms with E-state index < -0.39 is 5.69 Å². The zero-order valence-corrected chi connectivity index (χ0v) is 26.0. The summed E-state index contributed by atoms with van der Waals surface area (Å²) in [6, 6.07) is 10.5. The van der Waals surface area contributed by atoms with Crippen LogP contribution in [0.4, 0.5) is 5.82 Å². The largest absolute Gasteiger partial charge is 0.355 e. The Morgan fingerprint density at radius 3 is 2.45 bits per heavy atom. The van der Waals surface area contributed by atoms with E-state index in [4.69, 9.17) is 16.6 Å². The number of carbonyl (C=O) groups excluding carboxylic acids is 2. The fourth-order valence-electron chi connectivity index (χ4n) is 5.84. The van der Waals surface area contributed by atoms with E-state index in [1.165, 1.54) is 17.6 Å². The molecule has 0 radical (unpaired) electrons. The molecule has 1 aromatic carbocycles. The molecular weight excluding hydrogens is 576 g/mol. The van der Waals surface area contributed by atoms with Crippen molar-refractivity contribution in [3.8, 4) is 16.9 Å². The van der Waals surface area contributed by atoms with Crippen molar-refractivity contribution in [2.24, 2.45) is 0 Å². The van der Waals surface area contributed by atoms with Crippen molar-refractivity contribution < 1.29 is 9.59 Å². The Bertz CT molecular complexity index is 1830. The molecule has 1 fully saturated rings. The Labute approximate surface area is 263 Å². The highest BCUT2D eigenvalue weighted by molar-refractivity contribution is 6.34. The van der Waals surface area contributed by atoms with Crippen LogP contribution >= 0.6 is 11.6 Å². The molecule has 0 aliphatic carbocycles. The molecule has 44 heavy (non-hydrogen) atoms. The predicted molar refractivity (Wildman–Crippen MR) is 177 cm³/mol. The van der Waals surface area contributed by atoms with E-state index in [-0.39, 0.29) is 37.1 Å². The molecule has 1 amide bonds. The van der Waals surface area contributed by atoms with Gasteiger partial charge in [-0.2, -0.15) is 4.98 Å². The Morgan fingerprint density at radius 1 is 1.09 bits per heavy atom. The molecule has 1 aliphatic heterocycles. The highest BCUT2D eigenvalue weighted by atomic mass is 35.5. The van der Waals surface area contributed by atoms with Gasteiger partial charge in [0.1, 0.15) is 5.82 Å². The zero-order valence-electron chi connectivity index (χ0n) is 25.3. The summed E-state index contributed by atoms with van der Waals surface area (Å²) in [6.45, 7) is 15.9. The first-order chi connectivity index (χ1) is 20.4. The van der Waals surface area contributed by atoms with E-state index >= 15 is 0 Å². The second kappa shape index (κ2) is 12.7. The second-order valence-electron chi connectivity index (χ2n) is 11.4. The number of carbonyl (C=O) groups is 2. The van der Waals surface area contributed by atoms with Crippen LogP contribution in [0.1, 0.15) is 69.6 Å². The lowest BCUT2D eigenvalue weighted by atomic mass is 10.0. The zero-order chi connectivity index (χ0) is 31.2. The molecule has 0 bridgehead atoms. The third kappa shape index (κ3) is 5.64. The predicted octanol–water partition coefficient (Wildman–Crippen LogP) is 6.38. The number of rotatable bonds is 6. The Hall–Kier alpha value is -4.37. The molecule has 10 heteroatoms. The minimum atomic E-state index is -0.509. The third-order valence-corrected chi connectivity index (χ3v) is 8.29. The van der Waals surface area contributed by atoms with Crippen LogP contribution in [-0.2, 0) is 4.79 Å². The first kappa shape index (κ1) is 32.5. The van der Waals surface area contributed by atoms with Crippen molar-refractivity contribution in [2.75, 3.05) is 18.0 Å². The van der Waals surface area contributed by atoms with Crippen molar-refractivity contribution in [3.05, 3.63) is 87.6 Å². The van der Waals surface area contributed by atoms with Crippen LogP contribution in [0.15, 0.2) is 60.0 Å². The SMILES string of the molecule is C.C=CC(=O)N1C[C@H](C)N(c2nc(=O)n(-c3c(C)ccnc3C(C)C)c3nc(-c4ccccc4C(C)=O)c(Cl)cc23)C[C@H]1C. The summed E-state index contributed by atoms with van der Waals surface area (Å²) in [5, 5.41) is 0.900. The van der Waals surface area contributed by atoms with Crippen LogP contribution < -0.4 is 10.6 Å². The molecule has 3 aromatic heterocycles. The van der Waals surface area contributed by atoms with Gasteiger partial charge in [0.15, 0.2) is 11.4 Å². The first-order valence-corrected chi connectivity index (χ1v) is 14.7. The van der Waals surface area contributed by atoms with Gasteiger partial charge in [-0.1, -0.05) is 63.7 Å². The van der Waals surface area contributed by atoms with E-state index in [9.17, 15) is 14.4 Å². The number of hydrogen-bond donors (Lipinski definition) is 0. The minimum absolute atomic E-state index is 0. The number of fused-ring (bicyclic) bond motifs is 1. The summed E-state index contributed by atoms with van der Waals surface area (Å²) in [4.78, 5) is 57.3. The van der Waals surface area contributed by atoms with Crippen LogP contribution in [0, 0.1) is 6.92 Å². The lowest BCUT2D eigenvalue weighted by Gasteiger charge is -2.44. The van der Waals surface area contributed by atoms with Gasteiger partial charge < -0.3 is 9.80 Å². The summed E-state index contributed by atoms with van der Waals surface area (Å²) < 4.78 is 1.51. The number of piperazine rings is 1. The molecule has 0 N–H and O–H groups in total. The minimum Gasteiger partial charge on any atom is -0.349 e. The van der Waals surface area contributed by atoms with Gasteiger partial charge in [0.2, 0.25) is 5.91 Å². The van der Waals surface area contributed by atoms with Crippen molar-refractivity contribution >= 4 is 40.1 Å². The average Bonchev–Trinajstić information content (AvgIpc) is 2.97. The maximum atomic E-state index is 14.1. The number of aromatic nitrogens is 4. The lowest BCUT2D eigenvalue weighted by Crippen LogP contribution is -2.58. The molecule has 5 rings (SSSR count). The maximum absolute atomic E-state index is 14.1. The number of Topliss-reactive ketones (excluding diaryl/α,β-unsaturated/α-hetero) is 1. The maximum Gasteiger partial charge on any atom is 0.355 e. The summed E-state index contributed by atoms with van der Waals surface area (Å²) in [7, 11) is 0. The standard InChI is InChI=1S/C33H35ClN6O3.CH4/c1-8-27(42)38-16-21(6)39(17-20(38)5)31-25-15-26(34)29(24-12-10-9-11-23(24)22(7)41)36-32(25)40(33(43)37-31)30-19(4)13-14-35-28(30)18(2)3;/h8-15,18,20-21H,1,16-17H2,2-7H3;1H4/t20-,21+;/m1./s1. The number of benzene rings is 1. The fraction of sp³-hybridized carbons (Fsp3) is 0.353. The molecule has 4 aromatic rings. The van der Waals surface area contributed by atoms with E-state index in [0.29, 0.717) is 57.5 Å². The van der Waals surface area contributed by atoms with E-state index in [2.05, 4.69) is 16.5 Å². The number of ketones is 1. The number of amides is 1. The van der Waals surface area contributed by atoms with E-state index in [0.717, 1.165) is 11.3 Å². The second-order valence-corrected chi connectivity index (χ2v) is 11.8. The fourth-order valence-corrected chi connectivity index (χ4v) is 6.10. The number of pyridine rings is 2. The Morgan fingerprint density at radius 2 is 1.80 bits per heavy atom. The van der Waals surface area contributed by atoms with Crippen molar-refractivity contribution in [1.82, 2.24) is 24.4 Å². The quantitative estimate of drug-likeness (QED) is 0.183. The van der Waals surface area contributed by atoms with Crippen LogP contribution in [0.25, 0.3) is 28.0 Å². The smallest absolute Gasteiger partial charge is 0.349 e. The van der Waals surface area contributed by atoms with Crippen molar-refractivity contribution in [2.45, 2.75) is 67.0 Å². The van der Waals surface area contributed by atoms with Gasteiger partial charge in [-0.15, -0.1) is 0 Å². The van der Waals surface area contributed by atoms with Gasteiger partial charge in [-0.05, 0) is 57.4 Å². The van der Waals surface area contributed by atoms with Gasteiger partial charge in [-0.25, -0.2) is 14.3 Å². The molecule has 4 heterocycles. The van der Waals surface area contributed by atoms with Gasteiger partial charge in [-0.3, -0.25) is 14.6 Å².